The first kappa shape index (κ1) is 104. The Hall–Kier alpha value is -5.84. The fourth-order valence-electron chi connectivity index (χ4n) is 10.5. The molecular formula is C91H148O17P2. The van der Waals surface area contributed by atoms with E-state index in [4.69, 9.17) is 37.0 Å². The van der Waals surface area contributed by atoms with Crippen LogP contribution >= 0.6 is 15.6 Å². The molecule has 0 saturated heterocycles. The maximum atomic E-state index is 13.1. The van der Waals surface area contributed by atoms with Crippen LogP contribution < -0.4 is 0 Å². The molecule has 0 aromatic rings. The minimum atomic E-state index is -5.03. The summed E-state index contributed by atoms with van der Waals surface area (Å²) in [6, 6.07) is 0. The predicted octanol–water partition coefficient (Wildman–Crippen LogP) is 25.1. The van der Waals surface area contributed by atoms with Gasteiger partial charge in [-0.2, -0.15) is 0 Å². The molecule has 110 heavy (non-hydrogen) atoms. The Morgan fingerprint density at radius 2 is 0.491 bits per heavy atom. The second kappa shape index (κ2) is 81.2. The molecule has 0 radical (unpaired) electrons. The average Bonchev–Trinajstić information content (AvgIpc) is 0.942. The number of aliphatic hydroxyl groups excluding tert-OH is 1. The van der Waals surface area contributed by atoms with Crippen molar-refractivity contribution < 1.29 is 80.2 Å². The number of esters is 4. The summed E-state index contributed by atoms with van der Waals surface area (Å²) in [5, 5.41) is 10.7. The zero-order valence-electron chi connectivity index (χ0n) is 68.4. The quantitative estimate of drug-likeness (QED) is 0.0169. The number of unbranched alkanes of at least 4 members (excludes halogenated alkanes) is 21. The molecule has 0 aliphatic carbocycles. The van der Waals surface area contributed by atoms with Crippen LogP contribution in [-0.2, 0) is 65.4 Å². The monoisotopic (exact) mass is 1580 g/mol. The number of rotatable bonds is 77. The van der Waals surface area contributed by atoms with Gasteiger partial charge in [0.1, 0.15) is 19.3 Å². The Bertz CT molecular complexity index is 2800. The number of hydrogen-bond donors (Lipinski definition) is 3. The van der Waals surface area contributed by atoms with Crippen LogP contribution in [0, 0.1) is 0 Å². The van der Waals surface area contributed by atoms with Crippen LogP contribution in [0.25, 0.3) is 0 Å². The molecule has 0 aromatic carbocycles. The molecule has 0 saturated carbocycles. The Morgan fingerprint density at radius 3 is 0.818 bits per heavy atom. The molecule has 5 atom stereocenters. The molecule has 0 amide bonds. The standard InChI is InChI=1S/C91H148O17P2/c1-5-9-13-17-21-25-29-33-36-39-42-45-48-52-55-59-63-67-71-75-88(93)101-81-86(107-90(95)77-73-69-65-61-57-51-32-28-24-20-16-12-8-4)83-105-109(97,98)103-79-85(92)80-104-110(99,100)106-84-87(108-91(96)78-74-70-66-62-58-54-50-47-44-41-38-35-31-27-23-19-15-11-7-3)82-102-89(94)76-72-68-64-60-56-53-49-46-43-40-37-34-30-26-22-18-14-10-6-2/h9,13,21-23,25-27,33-38,42-47,52-56,58,64,66,68,70,85-87,92H,5-8,10-12,14-20,24,28-32,39-41,48-51,57,59-63,65,67,69,71-84H2,1-4H3,(H,97,98)(H,99,100)/b13-9-,25-21-,26-22-,27-23-,36-33-,37-34-,38-35-,45-42-,46-43-,47-44-,55-52-,56-53-,58-54-,68-64-,70-66-/t85-,86-,87-/m1/s1. The lowest BCUT2D eigenvalue weighted by atomic mass is 10.0. The number of allylic oxidation sites excluding steroid dienone is 30. The predicted molar refractivity (Wildman–Crippen MR) is 454 cm³/mol. The lowest BCUT2D eigenvalue weighted by Gasteiger charge is -2.21. The molecule has 19 heteroatoms. The summed E-state index contributed by atoms with van der Waals surface area (Å²) in [7, 11) is -10.0. The van der Waals surface area contributed by atoms with Crippen molar-refractivity contribution in [1.29, 1.82) is 0 Å². The van der Waals surface area contributed by atoms with Gasteiger partial charge in [-0.3, -0.25) is 37.3 Å². The maximum Gasteiger partial charge on any atom is 0.472 e. The number of carbonyl (C=O) groups excluding carboxylic acids is 4. The molecule has 0 bridgehead atoms. The summed E-state index contributed by atoms with van der Waals surface area (Å²) in [6.07, 6.45) is 98.9. The van der Waals surface area contributed by atoms with Gasteiger partial charge in [0.05, 0.1) is 26.4 Å². The van der Waals surface area contributed by atoms with Gasteiger partial charge in [0.15, 0.2) is 12.2 Å². The van der Waals surface area contributed by atoms with Gasteiger partial charge >= 0.3 is 39.5 Å². The summed E-state index contributed by atoms with van der Waals surface area (Å²) in [6.45, 7) is 4.50. The van der Waals surface area contributed by atoms with Crippen molar-refractivity contribution in [2.75, 3.05) is 39.6 Å². The van der Waals surface area contributed by atoms with Gasteiger partial charge in [0.2, 0.25) is 0 Å². The molecule has 0 heterocycles. The van der Waals surface area contributed by atoms with Crippen LogP contribution in [0.15, 0.2) is 182 Å². The van der Waals surface area contributed by atoms with E-state index in [1.807, 2.05) is 36.5 Å². The van der Waals surface area contributed by atoms with Crippen molar-refractivity contribution in [2.24, 2.45) is 0 Å². The molecular weight excluding hydrogens is 1430 g/mol. The normalized spacial score (nSPS) is 14.7. The smallest absolute Gasteiger partial charge is 0.462 e. The van der Waals surface area contributed by atoms with Crippen molar-refractivity contribution >= 4 is 39.5 Å². The van der Waals surface area contributed by atoms with E-state index < -0.39 is 97.5 Å². The zero-order chi connectivity index (χ0) is 80.3. The molecule has 624 valence electrons. The Balaban J connectivity index is 5.54. The molecule has 0 aliphatic rings. The Labute approximate surface area is 666 Å². The van der Waals surface area contributed by atoms with Crippen molar-refractivity contribution in [1.82, 2.24) is 0 Å². The highest BCUT2D eigenvalue weighted by atomic mass is 31.2. The largest absolute Gasteiger partial charge is 0.472 e. The molecule has 3 N–H and O–H groups in total. The summed E-state index contributed by atoms with van der Waals surface area (Å²) in [5.74, 6) is -2.41. The lowest BCUT2D eigenvalue weighted by Crippen LogP contribution is -2.30. The van der Waals surface area contributed by atoms with Crippen LogP contribution in [0.3, 0.4) is 0 Å². The number of ether oxygens (including phenoxy) is 4. The number of aliphatic hydroxyl groups is 1. The van der Waals surface area contributed by atoms with Gasteiger partial charge in [-0.25, -0.2) is 9.13 Å². The molecule has 0 rings (SSSR count). The number of phosphoric acid groups is 2. The summed E-state index contributed by atoms with van der Waals surface area (Å²) in [5.41, 5.74) is 0. The van der Waals surface area contributed by atoms with E-state index in [0.717, 1.165) is 128 Å². The van der Waals surface area contributed by atoms with Gasteiger partial charge in [-0.05, 0) is 148 Å². The molecule has 0 fully saturated rings. The van der Waals surface area contributed by atoms with Gasteiger partial charge < -0.3 is 33.8 Å². The van der Waals surface area contributed by atoms with Gasteiger partial charge in [0.25, 0.3) is 0 Å². The van der Waals surface area contributed by atoms with E-state index in [2.05, 4.69) is 174 Å². The SMILES string of the molecule is CC/C=C\C/C=C\C/C=C\C/C=C\C/C=C\CCCCCC(=O)OC[C@H](COP(=O)(O)OC[C@@H](O)COP(=O)(O)OC[C@@H](COC(=O)CC/C=C\C/C=C\C/C=C\C/C=C\C/C=C\CCCCC)OC(=O)CC/C=C\C/C=C\C/C=C\C/C=C\C/C=C\CCCCC)OC(=O)CCCCCCCCCCCCCCC. The third-order valence-corrected chi connectivity index (χ3v) is 18.8. The zero-order valence-corrected chi connectivity index (χ0v) is 70.1. The van der Waals surface area contributed by atoms with E-state index in [1.165, 1.54) is 89.9 Å². The summed E-state index contributed by atoms with van der Waals surface area (Å²) in [4.78, 5) is 73.1. The third-order valence-electron chi connectivity index (χ3n) is 16.9. The van der Waals surface area contributed by atoms with Gasteiger partial charge in [-0.1, -0.05) is 319 Å². The molecule has 0 aromatic heterocycles. The first-order valence-corrected chi connectivity index (χ1v) is 45.0. The van der Waals surface area contributed by atoms with Crippen LogP contribution in [-0.4, -0.2) is 96.7 Å². The first-order chi connectivity index (χ1) is 53.7. The van der Waals surface area contributed by atoms with Crippen LogP contribution in [0.2, 0.25) is 0 Å². The highest BCUT2D eigenvalue weighted by Crippen LogP contribution is 2.45. The fraction of sp³-hybridized carbons (Fsp3) is 0.626. The molecule has 0 aliphatic heterocycles. The highest BCUT2D eigenvalue weighted by molar-refractivity contribution is 7.47. The Kier molecular flexibility index (Phi) is 76.9. The van der Waals surface area contributed by atoms with Crippen molar-refractivity contribution in [3.05, 3.63) is 182 Å². The minimum Gasteiger partial charge on any atom is -0.462 e. The topological polar surface area (TPSA) is 237 Å². The van der Waals surface area contributed by atoms with Crippen molar-refractivity contribution in [3.63, 3.8) is 0 Å². The maximum absolute atomic E-state index is 13.1. The number of carbonyl (C=O) groups is 4. The highest BCUT2D eigenvalue weighted by Gasteiger charge is 2.30. The van der Waals surface area contributed by atoms with E-state index in [0.29, 0.717) is 38.5 Å². The van der Waals surface area contributed by atoms with Crippen molar-refractivity contribution in [2.45, 2.75) is 329 Å². The van der Waals surface area contributed by atoms with E-state index in [-0.39, 0.29) is 25.7 Å². The molecule has 0 spiro atoms. The first-order valence-electron chi connectivity index (χ1n) is 42.0. The fourth-order valence-corrected chi connectivity index (χ4v) is 12.1. The van der Waals surface area contributed by atoms with Gasteiger partial charge in [-0.15, -0.1) is 0 Å². The van der Waals surface area contributed by atoms with E-state index in [9.17, 15) is 43.2 Å². The Morgan fingerprint density at radius 1 is 0.264 bits per heavy atom. The number of phosphoric ester groups is 2. The van der Waals surface area contributed by atoms with Crippen LogP contribution in [0.5, 0.6) is 0 Å². The van der Waals surface area contributed by atoms with Crippen LogP contribution in [0.1, 0.15) is 310 Å². The third kappa shape index (κ3) is 80.2. The minimum absolute atomic E-state index is 0.0158. The van der Waals surface area contributed by atoms with E-state index >= 15 is 0 Å². The second-order valence-corrected chi connectivity index (χ2v) is 30.2. The lowest BCUT2D eigenvalue weighted by molar-refractivity contribution is -0.161. The molecule has 2 unspecified atom stereocenters. The number of hydrogen-bond acceptors (Lipinski definition) is 15. The summed E-state index contributed by atoms with van der Waals surface area (Å²) < 4.78 is 68.5. The van der Waals surface area contributed by atoms with Crippen molar-refractivity contribution in [3.8, 4) is 0 Å². The molecule has 17 nitrogen and oxygen atoms in total. The van der Waals surface area contributed by atoms with Crippen LogP contribution in [0.4, 0.5) is 0 Å². The van der Waals surface area contributed by atoms with Gasteiger partial charge in [0, 0.05) is 25.7 Å². The second-order valence-electron chi connectivity index (χ2n) is 27.3. The summed E-state index contributed by atoms with van der Waals surface area (Å²) >= 11 is 0. The van der Waals surface area contributed by atoms with E-state index in [1.54, 1.807) is 0 Å². The average molecular weight is 1580 g/mol.